The fourth-order valence-electron chi connectivity index (χ4n) is 3.27. The van der Waals surface area contributed by atoms with Gasteiger partial charge in [0.05, 0.1) is 12.2 Å². The van der Waals surface area contributed by atoms with Crippen LogP contribution in [0.2, 0.25) is 0 Å². The number of hydrogen-bond acceptors (Lipinski definition) is 4. The number of esters is 1. The summed E-state index contributed by atoms with van der Waals surface area (Å²) in [7, 11) is 0. The first-order valence-corrected chi connectivity index (χ1v) is 9.90. The van der Waals surface area contributed by atoms with Crippen LogP contribution in [0.25, 0.3) is 0 Å². The molecule has 0 unspecified atom stereocenters. The van der Waals surface area contributed by atoms with Crippen LogP contribution in [-0.2, 0) is 20.7 Å². The molecule has 1 aliphatic carbocycles. The van der Waals surface area contributed by atoms with Crippen LogP contribution in [0.15, 0.2) is 42.5 Å². The Morgan fingerprint density at radius 2 is 1.62 bits per heavy atom. The van der Waals surface area contributed by atoms with E-state index in [2.05, 4.69) is 10.6 Å². The van der Waals surface area contributed by atoms with Gasteiger partial charge in [-0.15, -0.1) is 0 Å². The molecule has 3 rings (SSSR count). The molecule has 2 aromatic carbocycles. The van der Waals surface area contributed by atoms with E-state index >= 15 is 0 Å². The number of para-hydroxylation sites is 1. The maximum absolute atomic E-state index is 12.9. The number of anilines is 2. The van der Waals surface area contributed by atoms with Crippen molar-refractivity contribution in [1.29, 1.82) is 0 Å². The summed E-state index contributed by atoms with van der Waals surface area (Å²) in [5.41, 5.74) is 2.71. The van der Waals surface area contributed by atoms with Gasteiger partial charge in [0, 0.05) is 11.4 Å². The van der Waals surface area contributed by atoms with Crippen molar-refractivity contribution in [1.82, 2.24) is 0 Å². The molecule has 6 heteroatoms. The molecule has 1 aliphatic rings. The first-order valence-electron chi connectivity index (χ1n) is 9.90. The highest BCUT2D eigenvalue weighted by atomic mass is 16.5. The van der Waals surface area contributed by atoms with Crippen LogP contribution in [-0.4, -0.2) is 24.4 Å². The first kappa shape index (κ1) is 20.6. The lowest BCUT2D eigenvalue weighted by atomic mass is 10.0. The quantitative estimate of drug-likeness (QED) is 0.547. The summed E-state index contributed by atoms with van der Waals surface area (Å²) < 4.78 is 4.95. The van der Waals surface area contributed by atoms with Crippen LogP contribution >= 0.6 is 0 Å². The van der Waals surface area contributed by atoms with Crippen molar-refractivity contribution in [3.05, 3.63) is 59.2 Å². The predicted molar refractivity (Wildman–Crippen MR) is 112 cm³/mol. The van der Waals surface area contributed by atoms with Gasteiger partial charge in [0.25, 0.3) is 0 Å². The molecular weight excluding hydrogens is 368 g/mol. The van der Waals surface area contributed by atoms with Gasteiger partial charge in [-0.1, -0.05) is 25.1 Å². The zero-order valence-corrected chi connectivity index (χ0v) is 17.0. The highest BCUT2D eigenvalue weighted by Gasteiger charge is 2.56. The molecule has 0 heterocycles. The summed E-state index contributed by atoms with van der Waals surface area (Å²) in [4.78, 5) is 37.5. The van der Waals surface area contributed by atoms with Crippen LogP contribution < -0.4 is 10.6 Å². The van der Waals surface area contributed by atoms with Gasteiger partial charge in [-0.3, -0.25) is 9.59 Å². The van der Waals surface area contributed by atoms with Crippen molar-refractivity contribution in [2.75, 3.05) is 17.2 Å². The van der Waals surface area contributed by atoms with E-state index in [0.29, 0.717) is 30.7 Å². The summed E-state index contributed by atoms with van der Waals surface area (Å²) in [6.07, 6.45) is 1.82. The fourth-order valence-corrected chi connectivity index (χ4v) is 3.27. The van der Waals surface area contributed by atoms with E-state index in [9.17, 15) is 14.4 Å². The Bertz CT molecular complexity index is 930. The van der Waals surface area contributed by atoms with Crippen LogP contribution in [0.5, 0.6) is 0 Å². The second-order valence-electron chi connectivity index (χ2n) is 7.25. The van der Waals surface area contributed by atoms with E-state index in [1.165, 1.54) is 0 Å². The average molecular weight is 394 g/mol. The van der Waals surface area contributed by atoms with Crippen LogP contribution in [0.4, 0.5) is 11.4 Å². The van der Waals surface area contributed by atoms with Crippen molar-refractivity contribution in [3.8, 4) is 0 Å². The third-order valence-electron chi connectivity index (χ3n) is 5.25. The Hall–Kier alpha value is -3.15. The number of carbonyl (C=O) groups excluding carboxylic acids is 3. The summed E-state index contributed by atoms with van der Waals surface area (Å²) in [6.45, 7) is 6.02. The van der Waals surface area contributed by atoms with Gasteiger partial charge in [-0.2, -0.15) is 0 Å². The Labute approximate surface area is 170 Å². The topological polar surface area (TPSA) is 84.5 Å². The second-order valence-corrected chi connectivity index (χ2v) is 7.25. The molecule has 0 saturated heterocycles. The second kappa shape index (κ2) is 8.47. The molecule has 6 nitrogen and oxygen atoms in total. The van der Waals surface area contributed by atoms with Gasteiger partial charge in [-0.25, -0.2) is 4.79 Å². The molecule has 29 heavy (non-hydrogen) atoms. The maximum atomic E-state index is 12.9. The maximum Gasteiger partial charge on any atom is 0.338 e. The number of rotatable bonds is 7. The molecule has 1 fully saturated rings. The number of ether oxygens (including phenoxy) is 1. The molecule has 2 aromatic rings. The van der Waals surface area contributed by atoms with E-state index in [1.807, 2.05) is 32.0 Å². The Kier molecular flexibility index (Phi) is 6.01. The van der Waals surface area contributed by atoms with Gasteiger partial charge >= 0.3 is 5.97 Å². The summed E-state index contributed by atoms with van der Waals surface area (Å²) in [5, 5.41) is 5.78. The molecule has 0 bridgehead atoms. The number of aryl methyl sites for hydroxylation is 2. The van der Waals surface area contributed by atoms with Crippen LogP contribution in [0, 0.1) is 12.3 Å². The van der Waals surface area contributed by atoms with Gasteiger partial charge in [0.2, 0.25) is 11.8 Å². The third-order valence-corrected chi connectivity index (χ3v) is 5.25. The number of hydrogen-bond donors (Lipinski definition) is 2. The molecular formula is C23H26N2O4. The zero-order valence-electron chi connectivity index (χ0n) is 17.0. The van der Waals surface area contributed by atoms with Gasteiger partial charge in [0.15, 0.2) is 0 Å². The van der Waals surface area contributed by atoms with Crippen molar-refractivity contribution in [2.24, 2.45) is 5.41 Å². The highest BCUT2D eigenvalue weighted by molar-refractivity contribution is 6.17. The minimum Gasteiger partial charge on any atom is -0.462 e. The predicted octanol–water partition coefficient (Wildman–Crippen LogP) is 4.09. The minimum atomic E-state index is -1.05. The largest absolute Gasteiger partial charge is 0.462 e. The van der Waals surface area contributed by atoms with E-state index in [1.54, 1.807) is 31.2 Å². The van der Waals surface area contributed by atoms with Crippen LogP contribution in [0.3, 0.4) is 0 Å². The molecule has 0 atom stereocenters. The van der Waals surface area contributed by atoms with Crippen molar-refractivity contribution < 1.29 is 19.1 Å². The number of carbonyl (C=O) groups is 3. The summed E-state index contributed by atoms with van der Waals surface area (Å²) in [6, 6.07) is 12.3. The smallest absolute Gasteiger partial charge is 0.338 e. The molecule has 0 aromatic heterocycles. The molecule has 152 valence electrons. The molecule has 2 amide bonds. The lowest BCUT2D eigenvalue weighted by molar-refractivity contribution is -0.131. The molecule has 0 radical (unpaired) electrons. The normalized spacial score (nSPS) is 14.0. The van der Waals surface area contributed by atoms with Crippen molar-refractivity contribution in [2.45, 2.75) is 40.0 Å². The summed E-state index contributed by atoms with van der Waals surface area (Å²) in [5.74, 6) is -1.01. The molecule has 0 aliphatic heterocycles. The molecule has 1 saturated carbocycles. The molecule has 0 spiro atoms. The molecule has 2 N–H and O–H groups in total. The Balaban J connectivity index is 1.69. The van der Waals surface area contributed by atoms with Crippen molar-refractivity contribution in [3.63, 3.8) is 0 Å². The minimum absolute atomic E-state index is 0.276. The average Bonchev–Trinajstić information content (AvgIpc) is 3.52. The third kappa shape index (κ3) is 4.31. The lowest BCUT2D eigenvalue weighted by Gasteiger charge is -2.18. The summed E-state index contributed by atoms with van der Waals surface area (Å²) >= 11 is 0. The standard InChI is InChI=1S/C23H26N2O4/c1-4-16-8-6-7-15(3)19(16)25-22(28)23(13-14-23)21(27)24-18-11-9-17(10-12-18)20(26)29-5-2/h6-12H,4-5,13-14H2,1-3H3,(H,24,27)(H,25,28). The van der Waals surface area contributed by atoms with Crippen molar-refractivity contribution >= 4 is 29.2 Å². The van der Waals surface area contributed by atoms with E-state index in [-0.39, 0.29) is 11.8 Å². The van der Waals surface area contributed by atoms with E-state index < -0.39 is 11.4 Å². The Morgan fingerprint density at radius 3 is 2.21 bits per heavy atom. The number of nitrogens with one attached hydrogen (secondary N) is 2. The Morgan fingerprint density at radius 1 is 0.966 bits per heavy atom. The SMILES string of the molecule is CCOC(=O)c1ccc(NC(=O)C2(C(=O)Nc3c(C)cccc3CC)CC2)cc1. The van der Waals surface area contributed by atoms with Crippen LogP contribution in [0.1, 0.15) is 48.2 Å². The highest BCUT2D eigenvalue weighted by Crippen LogP contribution is 2.47. The van der Waals surface area contributed by atoms with E-state index in [0.717, 1.165) is 23.2 Å². The van der Waals surface area contributed by atoms with Gasteiger partial charge < -0.3 is 15.4 Å². The van der Waals surface area contributed by atoms with Gasteiger partial charge in [-0.05, 0) is 68.5 Å². The van der Waals surface area contributed by atoms with Gasteiger partial charge in [0.1, 0.15) is 5.41 Å². The monoisotopic (exact) mass is 394 g/mol. The van der Waals surface area contributed by atoms with E-state index in [4.69, 9.17) is 4.74 Å². The lowest BCUT2D eigenvalue weighted by Crippen LogP contribution is -2.36. The first-order chi connectivity index (χ1) is 13.9. The number of amides is 2. The zero-order chi connectivity index (χ0) is 21.0. The fraction of sp³-hybridized carbons (Fsp3) is 0.348. The number of benzene rings is 2.